The van der Waals surface area contributed by atoms with Gasteiger partial charge in [-0.05, 0) is 35.9 Å². The molecule has 0 saturated carbocycles. The number of thiocarbonyl (C=S) groups is 1. The summed E-state index contributed by atoms with van der Waals surface area (Å²) in [4.78, 5) is 14.5. The minimum Gasteiger partial charge on any atom is -0.307 e. The van der Waals surface area contributed by atoms with Crippen molar-refractivity contribution in [1.82, 2.24) is 5.32 Å². The molecule has 0 spiro atoms. The number of carbonyl (C=O) groups is 1. The Morgan fingerprint density at radius 1 is 1.15 bits per heavy atom. The number of thiophene rings is 1. The first-order chi connectivity index (χ1) is 9.61. The van der Waals surface area contributed by atoms with Crippen molar-refractivity contribution in [2.45, 2.75) is 0 Å². The van der Waals surface area contributed by atoms with Crippen molar-refractivity contribution in [1.29, 1.82) is 0 Å². The summed E-state index contributed by atoms with van der Waals surface area (Å²) in [5.41, 5.74) is 1.17. The third kappa shape index (κ3) is 3.03. The van der Waals surface area contributed by atoms with Crippen LogP contribution in [0.3, 0.4) is 0 Å². The minimum absolute atomic E-state index is 0.112. The largest absolute Gasteiger partial charge is 0.307 e. The molecule has 1 saturated heterocycles. The molecule has 1 aromatic carbocycles. The zero-order valence-electron chi connectivity index (χ0n) is 10.1. The first kappa shape index (κ1) is 14.0. The van der Waals surface area contributed by atoms with Crippen molar-refractivity contribution in [3.05, 3.63) is 50.7 Å². The van der Waals surface area contributed by atoms with Gasteiger partial charge in [0.1, 0.15) is 4.32 Å². The molecular weight excluding hydrogens is 374 g/mol. The fraction of sp³-hybridized carbons (Fsp3) is 0. The Balaban J connectivity index is 1.87. The van der Waals surface area contributed by atoms with Gasteiger partial charge in [0.2, 0.25) is 0 Å². The lowest BCUT2D eigenvalue weighted by Crippen LogP contribution is -2.17. The van der Waals surface area contributed by atoms with Crippen LogP contribution in [0.15, 0.2) is 45.8 Å². The molecule has 0 unspecified atom stereocenters. The van der Waals surface area contributed by atoms with E-state index < -0.39 is 0 Å². The highest BCUT2D eigenvalue weighted by Crippen LogP contribution is 2.32. The van der Waals surface area contributed by atoms with Gasteiger partial charge in [0, 0.05) is 14.2 Å². The van der Waals surface area contributed by atoms with Gasteiger partial charge >= 0.3 is 0 Å². The molecule has 6 heteroatoms. The van der Waals surface area contributed by atoms with Gasteiger partial charge in [-0.3, -0.25) is 4.79 Å². The molecule has 2 aromatic rings. The minimum atomic E-state index is -0.112. The quantitative estimate of drug-likeness (QED) is 0.605. The van der Waals surface area contributed by atoms with Crippen molar-refractivity contribution in [3.63, 3.8) is 0 Å². The molecule has 1 aromatic heterocycles. The lowest BCUT2D eigenvalue weighted by atomic mass is 10.2. The Hall–Kier alpha value is -0.950. The second-order valence-corrected chi connectivity index (χ2v) is 7.81. The van der Waals surface area contributed by atoms with Crippen LogP contribution in [-0.4, -0.2) is 10.2 Å². The van der Waals surface area contributed by atoms with Gasteiger partial charge in [0.05, 0.1) is 4.91 Å². The van der Waals surface area contributed by atoms with Crippen molar-refractivity contribution in [2.75, 3.05) is 0 Å². The van der Waals surface area contributed by atoms with Gasteiger partial charge in [-0.2, -0.15) is 0 Å². The van der Waals surface area contributed by atoms with Crippen LogP contribution in [0.2, 0.25) is 0 Å². The number of benzene rings is 1. The topological polar surface area (TPSA) is 29.1 Å². The molecule has 0 atom stereocenters. The molecule has 1 amide bonds. The monoisotopic (exact) mass is 381 g/mol. The van der Waals surface area contributed by atoms with E-state index in [0.717, 1.165) is 9.35 Å². The van der Waals surface area contributed by atoms with Crippen LogP contribution in [0.1, 0.15) is 4.88 Å². The van der Waals surface area contributed by atoms with Gasteiger partial charge in [-0.15, -0.1) is 11.3 Å². The summed E-state index contributed by atoms with van der Waals surface area (Å²) in [6.45, 7) is 0. The van der Waals surface area contributed by atoms with E-state index in [-0.39, 0.29) is 5.91 Å². The van der Waals surface area contributed by atoms with E-state index >= 15 is 0 Å². The van der Waals surface area contributed by atoms with Gasteiger partial charge in [0.25, 0.3) is 5.91 Å². The molecule has 1 aliphatic rings. The molecule has 20 heavy (non-hydrogen) atoms. The average Bonchev–Trinajstić information content (AvgIpc) is 2.98. The van der Waals surface area contributed by atoms with Crippen LogP contribution >= 0.6 is 51.2 Å². The highest BCUT2D eigenvalue weighted by atomic mass is 79.9. The molecule has 1 aliphatic heterocycles. The lowest BCUT2D eigenvalue weighted by molar-refractivity contribution is -0.115. The lowest BCUT2D eigenvalue weighted by Gasteiger charge is -1.96. The fourth-order valence-electron chi connectivity index (χ4n) is 1.75. The molecule has 3 rings (SSSR count). The maximum absolute atomic E-state index is 11.6. The number of carbonyl (C=O) groups excluding carboxylic acids is 1. The molecule has 1 fully saturated rings. The van der Waals surface area contributed by atoms with Crippen molar-refractivity contribution in [3.8, 4) is 10.4 Å². The Morgan fingerprint density at radius 3 is 2.55 bits per heavy atom. The van der Waals surface area contributed by atoms with E-state index in [9.17, 15) is 4.79 Å². The second kappa shape index (κ2) is 5.81. The van der Waals surface area contributed by atoms with E-state index in [2.05, 4.69) is 39.4 Å². The first-order valence-electron chi connectivity index (χ1n) is 5.72. The molecule has 0 radical (unpaired) electrons. The smallest absolute Gasteiger partial charge is 0.263 e. The van der Waals surface area contributed by atoms with E-state index in [1.165, 1.54) is 22.2 Å². The molecule has 0 bridgehead atoms. The van der Waals surface area contributed by atoms with Crippen LogP contribution in [0.5, 0.6) is 0 Å². The van der Waals surface area contributed by atoms with Crippen molar-refractivity contribution < 1.29 is 4.79 Å². The summed E-state index contributed by atoms with van der Waals surface area (Å²) in [5.74, 6) is -0.112. The summed E-state index contributed by atoms with van der Waals surface area (Å²) < 4.78 is 1.58. The van der Waals surface area contributed by atoms with Crippen molar-refractivity contribution >= 4 is 67.6 Å². The average molecular weight is 382 g/mol. The van der Waals surface area contributed by atoms with Crippen LogP contribution < -0.4 is 5.32 Å². The highest BCUT2D eigenvalue weighted by molar-refractivity contribution is 9.10. The highest BCUT2D eigenvalue weighted by Gasteiger charge is 2.22. The van der Waals surface area contributed by atoms with E-state index in [1.807, 2.05) is 24.3 Å². The van der Waals surface area contributed by atoms with Crippen LogP contribution in [0.25, 0.3) is 16.5 Å². The summed E-state index contributed by atoms with van der Waals surface area (Å²) >= 11 is 11.4. The predicted molar refractivity (Wildman–Crippen MR) is 93.8 cm³/mol. The van der Waals surface area contributed by atoms with Gasteiger partial charge in [0.15, 0.2) is 0 Å². The van der Waals surface area contributed by atoms with Gasteiger partial charge in [-0.1, -0.05) is 52.0 Å². The SMILES string of the molecule is O=C1NC(=S)SC1=Cc1ccc(-c2ccc(Br)cc2)s1. The zero-order chi connectivity index (χ0) is 14.1. The summed E-state index contributed by atoms with van der Waals surface area (Å²) in [6, 6.07) is 12.3. The number of thioether (sulfide) groups is 1. The molecule has 1 N–H and O–H groups in total. The Morgan fingerprint density at radius 2 is 1.90 bits per heavy atom. The third-order valence-corrected chi connectivity index (χ3v) is 5.44. The number of hydrogen-bond acceptors (Lipinski definition) is 4. The maximum Gasteiger partial charge on any atom is 0.263 e. The number of hydrogen-bond donors (Lipinski definition) is 1. The molecule has 2 nitrogen and oxygen atoms in total. The van der Waals surface area contributed by atoms with E-state index in [0.29, 0.717) is 9.23 Å². The third-order valence-electron chi connectivity index (χ3n) is 2.67. The summed E-state index contributed by atoms with van der Waals surface area (Å²) in [7, 11) is 0. The zero-order valence-corrected chi connectivity index (χ0v) is 14.1. The standard InChI is InChI=1S/C14H8BrNOS3/c15-9-3-1-8(2-4-9)11-6-5-10(19-11)7-12-13(17)16-14(18)20-12/h1-7H,(H,16,17,18). The number of halogens is 1. The maximum atomic E-state index is 11.6. The fourth-order valence-corrected chi connectivity index (χ4v) is 4.08. The summed E-state index contributed by atoms with van der Waals surface area (Å²) in [5, 5.41) is 2.62. The number of rotatable bonds is 2. The predicted octanol–water partition coefficient (Wildman–Crippen LogP) is 4.67. The molecule has 0 aliphatic carbocycles. The van der Waals surface area contributed by atoms with Crippen LogP contribution in [-0.2, 0) is 4.79 Å². The molecular formula is C14H8BrNOS3. The number of nitrogens with one attached hydrogen (secondary N) is 1. The van der Waals surface area contributed by atoms with E-state index in [4.69, 9.17) is 12.2 Å². The van der Waals surface area contributed by atoms with Gasteiger partial charge < -0.3 is 5.32 Å². The Kier molecular flexibility index (Phi) is 4.07. The number of amides is 1. The van der Waals surface area contributed by atoms with Gasteiger partial charge in [-0.25, -0.2) is 0 Å². The molecule has 2 heterocycles. The first-order valence-corrected chi connectivity index (χ1v) is 8.56. The Bertz CT molecular complexity index is 718. The van der Waals surface area contributed by atoms with E-state index in [1.54, 1.807) is 11.3 Å². The van der Waals surface area contributed by atoms with Crippen LogP contribution in [0, 0.1) is 0 Å². The normalized spacial score (nSPS) is 16.8. The van der Waals surface area contributed by atoms with Crippen molar-refractivity contribution in [2.24, 2.45) is 0 Å². The summed E-state index contributed by atoms with van der Waals surface area (Å²) in [6.07, 6.45) is 1.88. The molecule has 100 valence electrons. The second-order valence-electron chi connectivity index (χ2n) is 4.06. The Labute approximate surface area is 138 Å². The van der Waals surface area contributed by atoms with Crippen LogP contribution in [0.4, 0.5) is 0 Å².